The van der Waals surface area contributed by atoms with E-state index in [1.54, 1.807) is 24.3 Å². The number of methoxy groups -OCH3 is 1. The van der Waals surface area contributed by atoms with E-state index in [1.165, 1.54) is 37.4 Å². The molecule has 0 bridgehead atoms. The van der Waals surface area contributed by atoms with E-state index in [2.05, 4.69) is 5.32 Å². The Morgan fingerprint density at radius 3 is 2.43 bits per heavy atom. The van der Waals surface area contributed by atoms with Crippen LogP contribution in [0.3, 0.4) is 0 Å². The molecule has 0 saturated heterocycles. The number of nitrogens with one attached hydrogen (secondary N) is 1. The molecule has 0 fully saturated rings. The van der Waals surface area contributed by atoms with Gasteiger partial charge < -0.3 is 20.0 Å². The van der Waals surface area contributed by atoms with Gasteiger partial charge in [-0.05, 0) is 23.3 Å². The van der Waals surface area contributed by atoms with Crippen LogP contribution in [0.15, 0.2) is 54.6 Å². The van der Waals surface area contributed by atoms with Gasteiger partial charge >= 0.3 is 5.97 Å². The van der Waals surface area contributed by atoms with E-state index in [-0.39, 0.29) is 18.7 Å². The minimum Gasteiger partial charge on any atom is -0.382 e. The average molecular weight is 418 g/mol. The maximum atomic E-state index is 13.3. The van der Waals surface area contributed by atoms with Gasteiger partial charge in [0.1, 0.15) is 5.82 Å². The highest BCUT2D eigenvalue weighted by molar-refractivity contribution is 5.87. The number of hydrogen-bond donors (Lipinski definition) is 2. The summed E-state index contributed by atoms with van der Waals surface area (Å²) in [5, 5.41) is 13.3. The van der Waals surface area contributed by atoms with E-state index in [0.29, 0.717) is 10.6 Å². The number of aliphatic hydroxyl groups excluding tert-OH is 1. The molecule has 0 aliphatic heterocycles. The van der Waals surface area contributed by atoms with E-state index in [9.17, 15) is 23.9 Å². The van der Waals surface area contributed by atoms with Crippen LogP contribution in [0.2, 0.25) is 0 Å². The van der Waals surface area contributed by atoms with Crippen molar-refractivity contribution in [2.24, 2.45) is 0 Å². The van der Waals surface area contributed by atoms with Crippen LogP contribution in [0, 0.1) is 5.82 Å². The number of aliphatic hydroxyl groups is 1. The molecule has 2 amide bonds. The normalized spacial score (nSPS) is 12.5. The maximum absolute atomic E-state index is 13.3. The topological polar surface area (TPSA) is 105 Å². The van der Waals surface area contributed by atoms with Gasteiger partial charge in [-0.2, -0.15) is 5.06 Å². The van der Waals surface area contributed by atoms with E-state index < -0.39 is 35.7 Å². The Labute approximate surface area is 173 Å². The molecule has 0 saturated carbocycles. The third-order valence-corrected chi connectivity index (χ3v) is 4.10. The Morgan fingerprint density at radius 1 is 1.13 bits per heavy atom. The zero-order chi connectivity index (χ0) is 22.1. The molecule has 2 aromatic rings. The molecule has 0 aliphatic carbocycles. The lowest BCUT2D eigenvalue weighted by Gasteiger charge is -2.28. The van der Waals surface area contributed by atoms with Crippen LogP contribution < -0.4 is 5.32 Å². The van der Waals surface area contributed by atoms with Gasteiger partial charge in [-0.1, -0.05) is 42.5 Å². The molecule has 9 heteroatoms. The van der Waals surface area contributed by atoms with Crippen molar-refractivity contribution in [2.75, 3.05) is 13.7 Å². The van der Waals surface area contributed by atoms with E-state index in [1.807, 2.05) is 0 Å². The van der Waals surface area contributed by atoms with Crippen molar-refractivity contribution in [1.29, 1.82) is 0 Å². The number of carbonyl (C=O) groups excluding carboxylic acids is 3. The van der Waals surface area contributed by atoms with Crippen molar-refractivity contribution in [2.45, 2.75) is 25.6 Å². The smallest absolute Gasteiger partial charge is 0.365 e. The van der Waals surface area contributed by atoms with Gasteiger partial charge in [0.2, 0.25) is 5.91 Å². The lowest BCUT2D eigenvalue weighted by atomic mass is 10.1. The summed E-state index contributed by atoms with van der Waals surface area (Å²) in [5.41, 5.74) is 0.773. The van der Waals surface area contributed by atoms with Gasteiger partial charge in [0.15, 0.2) is 12.1 Å². The van der Waals surface area contributed by atoms with Crippen LogP contribution in [0.5, 0.6) is 0 Å². The van der Waals surface area contributed by atoms with Crippen LogP contribution >= 0.6 is 0 Å². The largest absolute Gasteiger partial charge is 0.382 e. The predicted molar refractivity (Wildman–Crippen MR) is 104 cm³/mol. The molecule has 2 atom stereocenters. The Morgan fingerprint density at radius 2 is 1.83 bits per heavy atom. The zero-order valence-electron chi connectivity index (χ0n) is 16.6. The highest BCUT2D eigenvalue weighted by atomic mass is 19.1. The molecule has 0 spiro atoms. The number of benzene rings is 2. The number of carbonyl (C=O) groups is 3. The summed E-state index contributed by atoms with van der Waals surface area (Å²) >= 11 is 0. The quantitative estimate of drug-likeness (QED) is 0.630. The summed E-state index contributed by atoms with van der Waals surface area (Å²) in [4.78, 5) is 42.0. The number of hydroxylamine groups is 2. The van der Waals surface area contributed by atoms with Crippen LogP contribution in [0.1, 0.15) is 24.2 Å². The molecule has 160 valence electrons. The van der Waals surface area contributed by atoms with Crippen LogP contribution in [0.4, 0.5) is 4.39 Å². The molecule has 2 rings (SSSR count). The van der Waals surface area contributed by atoms with Crippen molar-refractivity contribution in [1.82, 2.24) is 10.4 Å². The molecule has 0 aromatic heterocycles. The average Bonchev–Trinajstić information content (AvgIpc) is 2.74. The second-order valence-electron chi connectivity index (χ2n) is 6.39. The molecule has 0 unspecified atom stereocenters. The first kappa shape index (κ1) is 23.0. The molecular formula is C21H23FN2O6. The van der Waals surface area contributed by atoms with E-state index in [0.717, 1.165) is 6.92 Å². The molecule has 8 nitrogen and oxygen atoms in total. The standard InChI is InChI=1S/C21H23FN2O6/c1-14(25)24(30-21(28)19(26)16-8-4-3-5-9-16)18(13-29-2)20(27)23-12-15-7-6-10-17(22)11-15/h3-11,18-19,26H,12-13H2,1-2H3,(H,23,27)/t18-,19-/m1/s1. The summed E-state index contributed by atoms with van der Waals surface area (Å²) in [5.74, 6) is -3.01. The molecule has 0 heterocycles. The van der Waals surface area contributed by atoms with Crippen molar-refractivity contribution in [3.63, 3.8) is 0 Å². The first-order valence-corrected chi connectivity index (χ1v) is 9.09. The highest BCUT2D eigenvalue weighted by Crippen LogP contribution is 2.16. The van der Waals surface area contributed by atoms with Gasteiger partial charge in [0.05, 0.1) is 6.61 Å². The molecule has 2 N–H and O–H groups in total. The predicted octanol–water partition coefficient (Wildman–Crippen LogP) is 1.50. The van der Waals surface area contributed by atoms with E-state index in [4.69, 9.17) is 9.57 Å². The van der Waals surface area contributed by atoms with Crippen molar-refractivity contribution < 1.29 is 33.5 Å². The first-order chi connectivity index (χ1) is 14.3. The lowest BCUT2D eigenvalue weighted by Crippen LogP contribution is -2.52. The highest BCUT2D eigenvalue weighted by Gasteiger charge is 2.33. The van der Waals surface area contributed by atoms with Crippen LogP contribution in [-0.4, -0.2) is 47.7 Å². The number of halogens is 1. The third-order valence-electron chi connectivity index (χ3n) is 4.10. The summed E-state index contributed by atoms with van der Waals surface area (Å²) < 4.78 is 18.3. The second kappa shape index (κ2) is 11.0. The lowest BCUT2D eigenvalue weighted by molar-refractivity contribution is -0.216. The molecular weight excluding hydrogens is 395 g/mol. The van der Waals surface area contributed by atoms with Gasteiger partial charge in [-0.25, -0.2) is 9.18 Å². The first-order valence-electron chi connectivity index (χ1n) is 9.09. The second-order valence-corrected chi connectivity index (χ2v) is 6.39. The third kappa shape index (κ3) is 6.36. The van der Waals surface area contributed by atoms with Crippen LogP contribution in [-0.2, 0) is 30.5 Å². The summed E-state index contributed by atoms with van der Waals surface area (Å²) in [7, 11) is 1.31. The molecule has 2 aromatic carbocycles. The SMILES string of the molecule is COC[C@H](C(=O)NCc1cccc(F)c1)N(OC(=O)[C@H](O)c1ccccc1)C(C)=O. The van der Waals surface area contributed by atoms with Crippen LogP contribution in [0.25, 0.3) is 0 Å². The summed E-state index contributed by atoms with van der Waals surface area (Å²) in [6, 6.07) is 12.3. The maximum Gasteiger partial charge on any atom is 0.365 e. The Hall–Kier alpha value is -3.30. The zero-order valence-corrected chi connectivity index (χ0v) is 16.6. The van der Waals surface area contributed by atoms with Crippen molar-refractivity contribution >= 4 is 17.8 Å². The minimum absolute atomic E-state index is 0.0108. The fourth-order valence-electron chi connectivity index (χ4n) is 2.63. The number of ether oxygens (including phenoxy) is 1. The fraction of sp³-hybridized carbons (Fsp3) is 0.286. The van der Waals surface area contributed by atoms with Crippen molar-refractivity contribution in [3.05, 3.63) is 71.5 Å². The van der Waals surface area contributed by atoms with Gasteiger partial charge in [-0.3, -0.25) is 9.59 Å². The van der Waals surface area contributed by atoms with Gasteiger partial charge in [-0.15, -0.1) is 0 Å². The van der Waals surface area contributed by atoms with Gasteiger partial charge in [0.25, 0.3) is 5.91 Å². The van der Waals surface area contributed by atoms with Gasteiger partial charge in [0, 0.05) is 20.6 Å². The Kier molecular flexibility index (Phi) is 8.45. The Bertz CT molecular complexity index is 877. The molecule has 0 radical (unpaired) electrons. The number of nitrogens with zero attached hydrogens (tertiary/aromatic N) is 1. The van der Waals surface area contributed by atoms with E-state index >= 15 is 0 Å². The number of hydrogen-bond acceptors (Lipinski definition) is 6. The fourth-order valence-corrected chi connectivity index (χ4v) is 2.63. The minimum atomic E-state index is -1.65. The Balaban J connectivity index is 2.11. The number of rotatable bonds is 8. The summed E-state index contributed by atoms with van der Waals surface area (Å²) in [6.45, 7) is 0.817. The molecule has 0 aliphatic rings. The number of amides is 2. The van der Waals surface area contributed by atoms with Crippen molar-refractivity contribution in [3.8, 4) is 0 Å². The molecule has 30 heavy (non-hydrogen) atoms. The summed E-state index contributed by atoms with van der Waals surface area (Å²) in [6.07, 6.45) is -1.65. The monoisotopic (exact) mass is 418 g/mol.